The average molecular weight is 829 g/mol. The van der Waals surface area contributed by atoms with Crippen LogP contribution in [0, 0.1) is 45.3 Å². The molecule has 0 spiro atoms. The van der Waals surface area contributed by atoms with E-state index in [1.54, 1.807) is 48.5 Å². The van der Waals surface area contributed by atoms with Crippen LogP contribution in [0.5, 0.6) is 0 Å². The van der Waals surface area contributed by atoms with E-state index < -0.39 is 23.9 Å². The first kappa shape index (κ1) is 47.4. The fraction of sp³-hybridized carbons (Fsp3) is 0.692. The van der Waals surface area contributed by atoms with E-state index in [9.17, 15) is 19.2 Å². The molecule has 2 aromatic rings. The quantitative estimate of drug-likeness (QED) is 0.191. The Balaban J connectivity index is 0.000000228. The predicted octanol–water partition coefficient (Wildman–Crippen LogP) is 12.9. The first-order valence-corrected chi connectivity index (χ1v) is 22.9. The third kappa shape index (κ3) is 13.7. The molecule has 332 valence electrons. The lowest BCUT2D eigenvalue weighted by atomic mass is 9.71. The van der Waals surface area contributed by atoms with E-state index in [1.807, 2.05) is 0 Å². The van der Waals surface area contributed by atoms with E-state index in [2.05, 4.69) is 83.1 Å². The summed E-state index contributed by atoms with van der Waals surface area (Å²) in [4.78, 5) is 51.9. The molecular formula is C52H76O8. The summed E-state index contributed by atoms with van der Waals surface area (Å²) >= 11 is 0. The molecule has 0 N–H and O–H groups in total. The van der Waals surface area contributed by atoms with Gasteiger partial charge in [-0.25, -0.2) is 19.2 Å². The van der Waals surface area contributed by atoms with Crippen LogP contribution in [0.1, 0.15) is 202 Å². The molecular weight excluding hydrogens is 753 g/mol. The Kier molecular flexibility index (Phi) is 15.1. The normalized spacial score (nSPS) is 30.3. The van der Waals surface area contributed by atoms with E-state index in [0.29, 0.717) is 45.9 Å². The molecule has 4 aliphatic rings. The SMILES string of the molecule is C[C@@H]1C[C@H](OC(=O)c2ccccc2C(=O)O[C@H]2C[C@@H](C)CC(C)(C)C2)CC(C)(C)C1.C[C@H]1C[C@@H](OC(=O)c2ccccc2C(=O)O[C@@H]2C[C@H](C)CC(C)(C)C2)CC(C)(C)C1. The van der Waals surface area contributed by atoms with Crippen molar-refractivity contribution in [2.75, 3.05) is 0 Å². The molecule has 0 heterocycles. The van der Waals surface area contributed by atoms with Crippen LogP contribution in [-0.2, 0) is 18.9 Å². The second kappa shape index (κ2) is 19.2. The van der Waals surface area contributed by atoms with Gasteiger partial charge >= 0.3 is 23.9 Å². The molecule has 0 aromatic heterocycles. The van der Waals surface area contributed by atoms with E-state index in [-0.39, 0.29) is 46.1 Å². The average Bonchev–Trinajstić information content (AvgIpc) is 3.08. The van der Waals surface area contributed by atoms with Gasteiger partial charge in [0, 0.05) is 0 Å². The second-order valence-electron chi connectivity index (χ2n) is 22.9. The number of esters is 4. The van der Waals surface area contributed by atoms with Gasteiger partial charge in [0.05, 0.1) is 22.3 Å². The van der Waals surface area contributed by atoms with Gasteiger partial charge in [0.25, 0.3) is 0 Å². The van der Waals surface area contributed by atoms with Crippen LogP contribution in [0.3, 0.4) is 0 Å². The number of ether oxygens (including phenoxy) is 4. The molecule has 0 amide bonds. The number of hydrogen-bond donors (Lipinski definition) is 0. The van der Waals surface area contributed by atoms with E-state index in [1.165, 1.54) is 0 Å². The molecule has 4 aliphatic carbocycles. The maximum absolute atomic E-state index is 13.0. The van der Waals surface area contributed by atoms with Crippen LogP contribution >= 0.6 is 0 Å². The van der Waals surface area contributed by atoms with Gasteiger partial charge in [0.15, 0.2) is 0 Å². The van der Waals surface area contributed by atoms with Crippen LogP contribution in [0.2, 0.25) is 0 Å². The van der Waals surface area contributed by atoms with Crippen molar-refractivity contribution in [1.82, 2.24) is 0 Å². The smallest absolute Gasteiger partial charge is 0.339 e. The Morgan fingerprint density at radius 2 is 0.550 bits per heavy atom. The molecule has 0 unspecified atom stereocenters. The van der Waals surface area contributed by atoms with E-state index >= 15 is 0 Å². The number of carbonyl (C=O) groups excluding carboxylic acids is 4. The van der Waals surface area contributed by atoms with Crippen molar-refractivity contribution in [2.24, 2.45) is 45.3 Å². The highest BCUT2D eigenvalue weighted by Crippen LogP contribution is 2.43. The Labute approximate surface area is 361 Å². The van der Waals surface area contributed by atoms with Crippen molar-refractivity contribution < 1.29 is 38.1 Å². The largest absolute Gasteiger partial charge is 0.459 e. The topological polar surface area (TPSA) is 105 Å². The highest BCUT2D eigenvalue weighted by molar-refractivity contribution is 6.04. The summed E-state index contributed by atoms with van der Waals surface area (Å²) in [7, 11) is 0. The summed E-state index contributed by atoms with van der Waals surface area (Å²) in [6, 6.07) is 13.8. The Morgan fingerprint density at radius 3 is 0.717 bits per heavy atom. The molecule has 0 saturated heterocycles. The fourth-order valence-corrected chi connectivity index (χ4v) is 11.9. The van der Waals surface area contributed by atoms with Crippen molar-refractivity contribution in [1.29, 1.82) is 0 Å². The molecule has 6 rings (SSSR count). The third-order valence-electron chi connectivity index (χ3n) is 13.2. The highest BCUT2D eigenvalue weighted by atomic mass is 16.6. The van der Waals surface area contributed by atoms with Crippen molar-refractivity contribution >= 4 is 23.9 Å². The van der Waals surface area contributed by atoms with Gasteiger partial charge < -0.3 is 18.9 Å². The van der Waals surface area contributed by atoms with Gasteiger partial charge in [-0.15, -0.1) is 0 Å². The summed E-state index contributed by atoms with van der Waals surface area (Å²) < 4.78 is 23.5. The molecule has 2 aromatic carbocycles. The summed E-state index contributed by atoms with van der Waals surface area (Å²) in [5, 5.41) is 0. The molecule has 8 nitrogen and oxygen atoms in total. The van der Waals surface area contributed by atoms with Crippen molar-refractivity contribution in [2.45, 2.75) is 185 Å². The zero-order valence-electron chi connectivity index (χ0n) is 39.0. The van der Waals surface area contributed by atoms with Crippen molar-refractivity contribution in [3.8, 4) is 0 Å². The minimum absolute atomic E-state index is 0.111. The summed E-state index contributed by atoms with van der Waals surface area (Å²) in [5.41, 5.74) is 1.86. The van der Waals surface area contributed by atoms with Gasteiger partial charge in [0.1, 0.15) is 24.4 Å². The van der Waals surface area contributed by atoms with Gasteiger partial charge in [-0.1, -0.05) is 107 Å². The molecule has 60 heavy (non-hydrogen) atoms. The minimum Gasteiger partial charge on any atom is -0.459 e. The standard InChI is InChI=1S/2C26H38O4/c2*1-17-11-19(15-25(3,4)13-17)29-23(27)21-9-7-8-10-22(21)24(28)30-20-12-18(2)14-26(5,6)16-20/h2*7-10,17-20H,11-16H2,1-6H3/t2*17-,18-,19+,20+/m10/s1. The molecule has 8 atom stereocenters. The maximum Gasteiger partial charge on any atom is 0.339 e. The Bertz CT molecular complexity index is 1560. The number of hydrogen-bond acceptors (Lipinski definition) is 8. The van der Waals surface area contributed by atoms with Crippen LogP contribution in [0.4, 0.5) is 0 Å². The molecule has 4 saturated carbocycles. The summed E-state index contributed by atoms with van der Waals surface area (Å²) in [6.45, 7) is 26.6. The molecule has 0 aliphatic heterocycles. The lowest BCUT2D eigenvalue weighted by molar-refractivity contribution is -0.0112. The minimum atomic E-state index is -0.421. The van der Waals surface area contributed by atoms with Crippen molar-refractivity contribution in [3.05, 3.63) is 70.8 Å². The summed E-state index contributed by atoms with van der Waals surface area (Å²) in [5.74, 6) is 0.382. The van der Waals surface area contributed by atoms with Crippen LogP contribution < -0.4 is 0 Å². The van der Waals surface area contributed by atoms with Crippen LogP contribution in [0.15, 0.2) is 48.5 Å². The monoisotopic (exact) mass is 829 g/mol. The zero-order chi connectivity index (χ0) is 44.2. The maximum atomic E-state index is 13.0. The lowest BCUT2D eigenvalue weighted by Crippen LogP contribution is -2.35. The summed E-state index contributed by atoms with van der Waals surface area (Å²) in [6.07, 6.45) is 11.0. The molecule has 0 bridgehead atoms. The van der Waals surface area contributed by atoms with Crippen LogP contribution in [-0.4, -0.2) is 48.3 Å². The predicted molar refractivity (Wildman–Crippen MR) is 237 cm³/mol. The molecule has 8 heteroatoms. The highest BCUT2D eigenvalue weighted by Gasteiger charge is 2.39. The number of rotatable bonds is 8. The first-order chi connectivity index (χ1) is 27.9. The number of benzene rings is 2. The number of carbonyl (C=O) groups is 4. The van der Waals surface area contributed by atoms with E-state index in [0.717, 1.165) is 77.0 Å². The second-order valence-corrected chi connectivity index (χ2v) is 22.9. The fourth-order valence-electron chi connectivity index (χ4n) is 11.9. The van der Waals surface area contributed by atoms with Crippen molar-refractivity contribution in [3.63, 3.8) is 0 Å². The van der Waals surface area contributed by atoms with Gasteiger partial charge in [-0.2, -0.15) is 0 Å². The van der Waals surface area contributed by atoms with Crippen LogP contribution in [0.25, 0.3) is 0 Å². The Morgan fingerprint density at radius 1 is 0.367 bits per heavy atom. The van der Waals surface area contributed by atoms with Gasteiger partial charge in [0.2, 0.25) is 0 Å². The lowest BCUT2D eigenvalue weighted by Gasteiger charge is -2.38. The third-order valence-corrected chi connectivity index (χ3v) is 13.2. The zero-order valence-corrected chi connectivity index (χ0v) is 39.0. The molecule has 0 radical (unpaired) electrons. The molecule has 4 fully saturated rings. The first-order valence-electron chi connectivity index (χ1n) is 22.9. The van der Waals surface area contributed by atoms with Gasteiger partial charge in [-0.05, 0) is 147 Å². The van der Waals surface area contributed by atoms with Gasteiger partial charge in [-0.3, -0.25) is 0 Å². The Hall–Kier alpha value is -3.68. The van der Waals surface area contributed by atoms with E-state index in [4.69, 9.17) is 18.9 Å².